The predicted octanol–water partition coefficient (Wildman–Crippen LogP) is 1.56. The number of non-ortho nitro benzene ring substituents is 1. The van der Waals surface area contributed by atoms with Crippen LogP contribution in [0, 0.1) is 10.1 Å². The average Bonchev–Trinajstić information content (AvgIpc) is 2.33. The number of benzene rings is 1. The van der Waals surface area contributed by atoms with Gasteiger partial charge in [-0.3, -0.25) is 19.7 Å². The highest BCUT2D eigenvalue weighted by atomic mass is 35.5. The fourth-order valence-corrected chi connectivity index (χ4v) is 1.34. The Bertz CT molecular complexity index is 452. The molecule has 0 aromatic heterocycles. The summed E-state index contributed by atoms with van der Waals surface area (Å²) >= 11 is 5.68. The molecule has 0 saturated carbocycles. The Kier molecular flexibility index (Phi) is 5.50. The van der Waals surface area contributed by atoms with Gasteiger partial charge in [0.25, 0.3) is 11.6 Å². The number of nitro groups is 1. The molecular formula is C10H11ClN2O5. The molecule has 0 fully saturated rings. The molecule has 7 nitrogen and oxygen atoms in total. The Hall–Kier alpha value is -1.70. The van der Waals surface area contributed by atoms with Gasteiger partial charge in [0, 0.05) is 29.8 Å². The molecule has 0 aliphatic rings. The largest absolute Gasteiger partial charge is 0.382 e. The normalized spacial score (nSPS) is 10.1. The maximum Gasteiger partial charge on any atom is 0.275 e. The van der Waals surface area contributed by atoms with Crippen molar-refractivity contribution in [3.8, 4) is 0 Å². The number of ether oxygens (including phenoxy) is 1. The van der Waals surface area contributed by atoms with Gasteiger partial charge in [-0.25, -0.2) is 5.48 Å². The van der Waals surface area contributed by atoms with Crippen LogP contribution in [0.3, 0.4) is 0 Å². The predicted molar refractivity (Wildman–Crippen MR) is 63.4 cm³/mol. The van der Waals surface area contributed by atoms with Crippen molar-refractivity contribution in [2.75, 3.05) is 20.3 Å². The minimum Gasteiger partial charge on any atom is -0.382 e. The van der Waals surface area contributed by atoms with E-state index in [0.717, 1.165) is 12.1 Å². The van der Waals surface area contributed by atoms with Crippen LogP contribution in [0.15, 0.2) is 18.2 Å². The first kappa shape index (κ1) is 14.4. The molecule has 0 unspecified atom stereocenters. The molecule has 0 spiro atoms. The van der Waals surface area contributed by atoms with Crippen LogP contribution < -0.4 is 5.48 Å². The highest BCUT2D eigenvalue weighted by molar-refractivity contribution is 6.31. The van der Waals surface area contributed by atoms with Crippen LogP contribution in [0.2, 0.25) is 5.02 Å². The number of amides is 1. The van der Waals surface area contributed by atoms with Gasteiger partial charge < -0.3 is 4.74 Å². The number of hydrogen-bond donors (Lipinski definition) is 1. The molecule has 98 valence electrons. The molecule has 18 heavy (non-hydrogen) atoms. The first-order valence-corrected chi connectivity index (χ1v) is 5.28. The summed E-state index contributed by atoms with van der Waals surface area (Å²) in [6.07, 6.45) is 0. The number of carbonyl (C=O) groups is 1. The van der Waals surface area contributed by atoms with E-state index in [1.807, 2.05) is 0 Å². The zero-order valence-electron chi connectivity index (χ0n) is 9.51. The Balaban J connectivity index is 2.70. The summed E-state index contributed by atoms with van der Waals surface area (Å²) < 4.78 is 4.71. The van der Waals surface area contributed by atoms with Crippen LogP contribution >= 0.6 is 11.6 Å². The summed E-state index contributed by atoms with van der Waals surface area (Å²) in [4.78, 5) is 26.3. The third kappa shape index (κ3) is 4.28. The van der Waals surface area contributed by atoms with Crippen molar-refractivity contribution in [3.05, 3.63) is 38.9 Å². The van der Waals surface area contributed by atoms with E-state index in [4.69, 9.17) is 21.2 Å². The third-order valence-electron chi connectivity index (χ3n) is 1.91. The van der Waals surface area contributed by atoms with Crippen LogP contribution in [-0.4, -0.2) is 31.2 Å². The summed E-state index contributed by atoms with van der Waals surface area (Å²) in [6.45, 7) is 0.487. The van der Waals surface area contributed by atoms with E-state index in [0.29, 0.717) is 6.61 Å². The van der Waals surface area contributed by atoms with E-state index < -0.39 is 10.8 Å². The maximum atomic E-state index is 11.6. The number of halogens is 1. The molecule has 0 saturated heterocycles. The third-order valence-corrected chi connectivity index (χ3v) is 2.13. The average molecular weight is 275 g/mol. The first-order valence-electron chi connectivity index (χ1n) is 4.90. The zero-order valence-corrected chi connectivity index (χ0v) is 10.3. The monoisotopic (exact) mass is 274 g/mol. The van der Waals surface area contributed by atoms with Crippen LogP contribution in [0.5, 0.6) is 0 Å². The number of methoxy groups -OCH3 is 1. The van der Waals surface area contributed by atoms with E-state index in [9.17, 15) is 14.9 Å². The summed E-state index contributed by atoms with van der Waals surface area (Å²) in [5, 5.41) is 10.7. The quantitative estimate of drug-likeness (QED) is 0.483. The van der Waals surface area contributed by atoms with Crippen molar-refractivity contribution >= 4 is 23.2 Å². The van der Waals surface area contributed by atoms with Gasteiger partial charge in [0.1, 0.15) is 0 Å². The van der Waals surface area contributed by atoms with Gasteiger partial charge in [0.05, 0.1) is 18.1 Å². The number of hydroxylamine groups is 1. The van der Waals surface area contributed by atoms with Crippen molar-refractivity contribution in [1.29, 1.82) is 0 Å². The van der Waals surface area contributed by atoms with Gasteiger partial charge in [-0.1, -0.05) is 11.6 Å². The van der Waals surface area contributed by atoms with Gasteiger partial charge >= 0.3 is 0 Å². The molecule has 0 aliphatic carbocycles. The Morgan fingerprint density at radius 3 is 2.78 bits per heavy atom. The van der Waals surface area contributed by atoms with E-state index >= 15 is 0 Å². The van der Waals surface area contributed by atoms with Crippen molar-refractivity contribution in [3.63, 3.8) is 0 Å². The number of nitrogens with zero attached hydrogens (tertiary/aromatic N) is 1. The number of nitro benzene ring substituents is 1. The number of hydrogen-bond acceptors (Lipinski definition) is 5. The van der Waals surface area contributed by atoms with Gasteiger partial charge in [-0.05, 0) is 6.07 Å². The smallest absolute Gasteiger partial charge is 0.275 e. The zero-order chi connectivity index (χ0) is 13.5. The molecule has 1 aromatic rings. The number of carbonyl (C=O) groups excluding carboxylic acids is 1. The molecule has 0 atom stereocenters. The standard InChI is InChI=1S/C10H11ClN2O5/c1-17-2-3-18-12-10(14)7-4-8(11)6-9(5-7)13(15)16/h4-6H,2-3H2,1H3,(H,12,14). The summed E-state index contributed by atoms with van der Waals surface area (Å²) in [7, 11) is 1.49. The topological polar surface area (TPSA) is 90.7 Å². The van der Waals surface area contributed by atoms with Crippen molar-refractivity contribution < 1.29 is 19.3 Å². The Morgan fingerprint density at radius 1 is 1.44 bits per heavy atom. The lowest BCUT2D eigenvalue weighted by molar-refractivity contribution is -0.384. The van der Waals surface area contributed by atoms with Crippen molar-refractivity contribution in [2.45, 2.75) is 0 Å². The SMILES string of the molecule is COCCONC(=O)c1cc(Cl)cc([N+](=O)[O-])c1. The molecule has 1 aromatic carbocycles. The molecule has 1 amide bonds. The lowest BCUT2D eigenvalue weighted by atomic mass is 10.2. The highest BCUT2D eigenvalue weighted by Crippen LogP contribution is 2.20. The minimum absolute atomic E-state index is 0.0478. The minimum atomic E-state index is -0.631. The molecule has 1 rings (SSSR count). The van der Waals surface area contributed by atoms with E-state index in [2.05, 4.69) is 5.48 Å². The number of nitrogens with one attached hydrogen (secondary N) is 1. The van der Waals surface area contributed by atoms with Crippen LogP contribution in [0.4, 0.5) is 5.69 Å². The van der Waals surface area contributed by atoms with Crippen LogP contribution in [0.25, 0.3) is 0 Å². The fourth-order valence-electron chi connectivity index (χ4n) is 1.11. The van der Waals surface area contributed by atoms with E-state index in [1.165, 1.54) is 13.2 Å². The lowest BCUT2D eigenvalue weighted by Gasteiger charge is -2.05. The van der Waals surface area contributed by atoms with E-state index in [1.54, 1.807) is 0 Å². The maximum absolute atomic E-state index is 11.6. The first-order chi connectivity index (χ1) is 8.54. The van der Waals surface area contributed by atoms with Gasteiger partial charge in [0.2, 0.25) is 0 Å². The number of rotatable bonds is 6. The molecule has 0 radical (unpaired) electrons. The lowest BCUT2D eigenvalue weighted by Crippen LogP contribution is -2.25. The summed E-state index contributed by atoms with van der Waals surface area (Å²) in [6, 6.07) is 3.58. The second-order valence-electron chi connectivity index (χ2n) is 3.23. The second-order valence-corrected chi connectivity index (χ2v) is 3.66. The Morgan fingerprint density at radius 2 is 2.17 bits per heavy atom. The van der Waals surface area contributed by atoms with Gasteiger partial charge in [-0.2, -0.15) is 0 Å². The van der Waals surface area contributed by atoms with Crippen molar-refractivity contribution in [2.24, 2.45) is 0 Å². The molecule has 0 bridgehead atoms. The van der Waals surface area contributed by atoms with Crippen LogP contribution in [0.1, 0.15) is 10.4 Å². The molecule has 8 heteroatoms. The van der Waals surface area contributed by atoms with Crippen LogP contribution in [-0.2, 0) is 9.57 Å². The van der Waals surface area contributed by atoms with Crippen molar-refractivity contribution in [1.82, 2.24) is 5.48 Å². The van der Waals surface area contributed by atoms with E-state index in [-0.39, 0.29) is 22.9 Å². The molecular weight excluding hydrogens is 264 g/mol. The molecule has 1 N–H and O–H groups in total. The molecule has 0 heterocycles. The Labute approximate surface area is 108 Å². The van der Waals surface area contributed by atoms with Gasteiger partial charge in [0.15, 0.2) is 0 Å². The summed E-state index contributed by atoms with van der Waals surface area (Å²) in [5.41, 5.74) is 1.92. The van der Waals surface area contributed by atoms with Gasteiger partial charge in [-0.15, -0.1) is 0 Å². The summed E-state index contributed by atoms with van der Waals surface area (Å²) in [5.74, 6) is -0.614. The second kappa shape index (κ2) is 6.90. The fraction of sp³-hybridized carbons (Fsp3) is 0.300. The highest BCUT2D eigenvalue weighted by Gasteiger charge is 2.13. The molecule has 0 aliphatic heterocycles.